The Morgan fingerprint density at radius 3 is 2.26 bits per heavy atom. The Balaban J connectivity index is 1.88. The molecule has 0 aromatic heterocycles. The standard InChI is InChI=1S/C16H32N2O/c1-4-15(2)5-9-18(10-6-15)14-16(13-17-3)7-11-19-12-8-16/h17H,4-14H2,1-3H3. The first-order valence-electron chi connectivity index (χ1n) is 8.06. The molecule has 2 aliphatic heterocycles. The topological polar surface area (TPSA) is 24.5 Å². The van der Waals surface area contributed by atoms with Gasteiger partial charge in [-0.05, 0) is 56.7 Å². The molecule has 0 bridgehead atoms. The Bertz CT molecular complexity index is 260. The van der Waals surface area contributed by atoms with Crippen molar-refractivity contribution in [3.8, 4) is 0 Å². The fraction of sp³-hybridized carbons (Fsp3) is 1.00. The fourth-order valence-electron chi connectivity index (χ4n) is 3.65. The monoisotopic (exact) mass is 268 g/mol. The molecule has 2 saturated heterocycles. The Hall–Kier alpha value is -0.120. The second-order valence-electron chi connectivity index (χ2n) is 7.08. The van der Waals surface area contributed by atoms with E-state index < -0.39 is 0 Å². The number of rotatable bonds is 5. The van der Waals surface area contributed by atoms with E-state index in [2.05, 4.69) is 31.1 Å². The first kappa shape index (κ1) is 15.3. The van der Waals surface area contributed by atoms with Crippen LogP contribution in [0.4, 0.5) is 0 Å². The second-order valence-corrected chi connectivity index (χ2v) is 7.08. The van der Waals surface area contributed by atoms with Crippen molar-refractivity contribution in [3.63, 3.8) is 0 Å². The number of hydrogen-bond donors (Lipinski definition) is 1. The highest BCUT2D eigenvalue weighted by molar-refractivity contribution is 4.89. The summed E-state index contributed by atoms with van der Waals surface area (Å²) in [6, 6.07) is 0. The predicted octanol–water partition coefficient (Wildman–Crippen LogP) is 2.51. The van der Waals surface area contributed by atoms with Gasteiger partial charge in [-0.15, -0.1) is 0 Å². The Kier molecular flexibility index (Phi) is 5.27. The number of hydrogen-bond acceptors (Lipinski definition) is 3. The summed E-state index contributed by atoms with van der Waals surface area (Å²) in [4.78, 5) is 2.71. The van der Waals surface area contributed by atoms with Crippen LogP contribution in [0.25, 0.3) is 0 Å². The summed E-state index contributed by atoms with van der Waals surface area (Å²) in [5.74, 6) is 0. The number of nitrogens with zero attached hydrogens (tertiary/aromatic N) is 1. The van der Waals surface area contributed by atoms with Crippen LogP contribution in [-0.4, -0.2) is 51.3 Å². The average molecular weight is 268 g/mol. The molecule has 3 nitrogen and oxygen atoms in total. The van der Waals surface area contributed by atoms with E-state index in [1.54, 1.807) is 0 Å². The first-order valence-corrected chi connectivity index (χ1v) is 8.06. The van der Waals surface area contributed by atoms with Crippen molar-refractivity contribution in [3.05, 3.63) is 0 Å². The molecule has 0 atom stereocenters. The lowest BCUT2D eigenvalue weighted by molar-refractivity contribution is -0.0141. The van der Waals surface area contributed by atoms with Gasteiger partial charge in [0.25, 0.3) is 0 Å². The average Bonchev–Trinajstić information content (AvgIpc) is 2.43. The van der Waals surface area contributed by atoms with E-state index >= 15 is 0 Å². The van der Waals surface area contributed by atoms with Crippen LogP contribution in [-0.2, 0) is 4.74 Å². The lowest BCUT2D eigenvalue weighted by Crippen LogP contribution is -2.49. The highest BCUT2D eigenvalue weighted by atomic mass is 16.5. The van der Waals surface area contributed by atoms with Crippen LogP contribution in [0, 0.1) is 10.8 Å². The van der Waals surface area contributed by atoms with Crippen LogP contribution in [0.15, 0.2) is 0 Å². The predicted molar refractivity (Wildman–Crippen MR) is 80.5 cm³/mol. The quantitative estimate of drug-likeness (QED) is 0.829. The van der Waals surface area contributed by atoms with Gasteiger partial charge in [-0.2, -0.15) is 0 Å². The summed E-state index contributed by atoms with van der Waals surface area (Å²) in [6.07, 6.45) is 6.51. The molecule has 0 saturated carbocycles. The molecule has 112 valence electrons. The van der Waals surface area contributed by atoms with E-state index in [1.807, 2.05) is 0 Å². The van der Waals surface area contributed by atoms with Gasteiger partial charge in [0.05, 0.1) is 0 Å². The lowest BCUT2D eigenvalue weighted by Gasteiger charge is -2.45. The smallest absolute Gasteiger partial charge is 0.0472 e. The Labute approximate surface area is 119 Å². The molecule has 1 N–H and O–H groups in total. The molecule has 2 fully saturated rings. The first-order chi connectivity index (χ1) is 9.11. The summed E-state index contributed by atoms with van der Waals surface area (Å²) in [7, 11) is 2.08. The van der Waals surface area contributed by atoms with Gasteiger partial charge in [-0.3, -0.25) is 0 Å². The minimum Gasteiger partial charge on any atom is -0.381 e. The summed E-state index contributed by atoms with van der Waals surface area (Å²) in [5.41, 5.74) is 1.05. The molecule has 0 aromatic carbocycles. The molecule has 0 aliphatic carbocycles. The van der Waals surface area contributed by atoms with Gasteiger partial charge in [0.1, 0.15) is 0 Å². The largest absolute Gasteiger partial charge is 0.381 e. The van der Waals surface area contributed by atoms with Crippen molar-refractivity contribution >= 4 is 0 Å². The van der Waals surface area contributed by atoms with Crippen molar-refractivity contribution < 1.29 is 4.74 Å². The van der Waals surface area contributed by atoms with E-state index in [1.165, 1.54) is 51.7 Å². The Morgan fingerprint density at radius 1 is 1.11 bits per heavy atom. The van der Waals surface area contributed by atoms with E-state index in [-0.39, 0.29) is 0 Å². The number of ether oxygens (including phenoxy) is 1. The van der Waals surface area contributed by atoms with Gasteiger partial charge in [0, 0.05) is 26.3 Å². The zero-order valence-electron chi connectivity index (χ0n) is 13.1. The number of nitrogens with one attached hydrogen (secondary N) is 1. The van der Waals surface area contributed by atoms with Gasteiger partial charge in [0.15, 0.2) is 0 Å². The van der Waals surface area contributed by atoms with Crippen molar-refractivity contribution in [1.82, 2.24) is 10.2 Å². The molecule has 2 rings (SSSR count). The molecule has 2 aliphatic rings. The van der Waals surface area contributed by atoms with Gasteiger partial charge in [-0.1, -0.05) is 20.3 Å². The van der Waals surface area contributed by atoms with Crippen LogP contribution in [0.3, 0.4) is 0 Å². The zero-order chi connectivity index (χ0) is 13.8. The van der Waals surface area contributed by atoms with Crippen molar-refractivity contribution in [1.29, 1.82) is 0 Å². The van der Waals surface area contributed by atoms with Crippen LogP contribution in [0.1, 0.15) is 46.0 Å². The third kappa shape index (κ3) is 3.93. The molecule has 0 radical (unpaired) electrons. The van der Waals surface area contributed by atoms with Crippen LogP contribution < -0.4 is 5.32 Å². The van der Waals surface area contributed by atoms with Crippen molar-refractivity contribution in [2.24, 2.45) is 10.8 Å². The van der Waals surface area contributed by atoms with Gasteiger partial charge >= 0.3 is 0 Å². The summed E-state index contributed by atoms with van der Waals surface area (Å²) in [5, 5.41) is 3.41. The molecule has 2 heterocycles. The van der Waals surface area contributed by atoms with Gasteiger partial charge in [0.2, 0.25) is 0 Å². The third-order valence-corrected chi connectivity index (χ3v) is 5.58. The molecule has 19 heavy (non-hydrogen) atoms. The Morgan fingerprint density at radius 2 is 1.74 bits per heavy atom. The minimum atomic E-state index is 0.451. The summed E-state index contributed by atoms with van der Waals surface area (Å²) in [6.45, 7) is 11.7. The molecule has 3 heteroatoms. The van der Waals surface area contributed by atoms with Crippen LogP contribution >= 0.6 is 0 Å². The van der Waals surface area contributed by atoms with Gasteiger partial charge in [-0.25, -0.2) is 0 Å². The highest BCUT2D eigenvalue weighted by Crippen LogP contribution is 2.37. The maximum absolute atomic E-state index is 5.56. The third-order valence-electron chi connectivity index (χ3n) is 5.58. The second kappa shape index (κ2) is 6.55. The summed E-state index contributed by atoms with van der Waals surface area (Å²) < 4.78 is 5.56. The SMILES string of the molecule is CCC1(C)CCN(CC2(CNC)CCOCC2)CC1. The maximum atomic E-state index is 5.56. The van der Waals surface area contributed by atoms with E-state index in [4.69, 9.17) is 4.74 Å². The lowest BCUT2D eigenvalue weighted by atomic mass is 9.76. The number of piperidine rings is 1. The molecular formula is C16H32N2O. The number of likely N-dealkylation sites (tertiary alicyclic amines) is 1. The normalized spacial score (nSPS) is 27.3. The van der Waals surface area contributed by atoms with Crippen LogP contribution in [0.5, 0.6) is 0 Å². The minimum absolute atomic E-state index is 0.451. The molecule has 0 spiro atoms. The van der Waals surface area contributed by atoms with E-state index in [0.717, 1.165) is 19.8 Å². The molecule has 0 aromatic rings. The van der Waals surface area contributed by atoms with E-state index in [9.17, 15) is 0 Å². The molecule has 0 unspecified atom stereocenters. The maximum Gasteiger partial charge on any atom is 0.0472 e. The molecular weight excluding hydrogens is 236 g/mol. The van der Waals surface area contributed by atoms with Gasteiger partial charge < -0.3 is 15.0 Å². The van der Waals surface area contributed by atoms with E-state index in [0.29, 0.717) is 10.8 Å². The highest BCUT2D eigenvalue weighted by Gasteiger charge is 2.36. The van der Waals surface area contributed by atoms with Crippen molar-refractivity contribution in [2.45, 2.75) is 46.0 Å². The zero-order valence-corrected chi connectivity index (χ0v) is 13.1. The fourth-order valence-corrected chi connectivity index (χ4v) is 3.65. The van der Waals surface area contributed by atoms with Crippen LogP contribution in [0.2, 0.25) is 0 Å². The molecule has 0 amide bonds. The van der Waals surface area contributed by atoms with Crippen molar-refractivity contribution in [2.75, 3.05) is 46.4 Å². The summed E-state index contributed by atoms with van der Waals surface area (Å²) >= 11 is 0.